The van der Waals surface area contributed by atoms with Crippen molar-refractivity contribution in [2.24, 2.45) is 0 Å². The zero-order valence-corrected chi connectivity index (χ0v) is 29.7. The second kappa shape index (κ2) is 17.0. The molecule has 2 heterocycles. The first-order chi connectivity index (χ1) is 25.1. The molecule has 51 heavy (non-hydrogen) atoms. The number of benzene rings is 5. The number of ether oxygens (including phenoxy) is 1. The van der Waals surface area contributed by atoms with Crippen molar-refractivity contribution >= 4 is 17.1 Å². The Morgan fingerprint density at radius 1 is 0.627 bits per heavy atom. The molecule has 0 amide bonds. The minimum atomic E-state index is -0.230. The van der Waals surface area contributed by atoms with Crippen LogP contribution in [0.15, 0.2) is 127 Å². The summed E-state index contributed by atoms with van der Waals surface area (Å²) in [6.07, 6.45) is 5.99. The van der Waals surface area contributed by atoms with E-state index in [0.717, 1.165) is 50.3 Å². The van der Waals surface area contributed by atoms with E-state index in [4.69, 9.17) is 10.5 Å². The first-order valence-corrected chi connectivity index (χ1v) is 18.8. The summed E-state index contributed by atoms with van der Waals surface area (Å²) in [6, 6.07) is 45.1. The average molecular weight is 681 g/mol. The lowest BCUT2D eigenvalue weighted by atomic mass is 9.87. The maximum absolute atomic E-state index is 11.0. The van der Waals surface area contributed by atoms with E-state index in [1.54, 1.807) is 0 Å². The van der Waals surface area contributed by atoms with Gasteiger partial charge in [0.2, 0.25) is 0 Å². The molecule has 2 fully saturated rings. The molecule has 1 atom stereocenters. The van der Waals surface area contributed by atoms with Crippen LogP contribution >= 0.6 is 0 Å². The van der Waals surface area contributed by atoms with Gasteiger partial charge in [0, 0.05) is 56.6 Å². The van der Waals surface area contributed by atoms with Gasteiger partial charge in [0.1, 0.15) is 12.4 Å². The number of aliphatic hydroxyl groups excluding tert-OH is 1. The molecule has 0 aliphatic carbocycles. The van der Waals surface area contributed by atoms with E-state index in [0.29, 0.717) is 24.6 Å². The fourth-order valence-electron chi connectivity index (χ4n) is 7.84. The quantitative estimate of drug-likeness (QED) is 0.108. The Morgan fingerprint density at radius 2 is 1.14 bits per heavy atom. The minimum Gasteiger partial charge on any atom is -0.487 e. The Morgan fingerprint density at radius 3 is 1.65 bits per heavy atom. The highest BCUT2D eigenvalue weighted by molar-refractivity contribution is 5.55. The topological polar surface area (TPSA) is 65.2 Å². The molecule has 0 bridgehead atoms. The number of hydrogen-bond acceptors (Lipinski definition) is 6. The first kappa shape index (κ1) is 34.7. The molecule has 264 valence electrons. The van der Waals surface area contributed by atoms with E-state index in [2.05, 4.69) is 99.6 Å². The predicted molar refractivity (Wildman–Crippen MR) is 211 cm³/mol. The molecule has 0 saturated carbocycles. The lowest BCUT2D eigenvalue weighted by molar-refractivity contribution is 0.114. The highest BCUT2D eigenvalue weighted by atomic mass is 16.5. The van der Waals surface area contributed by atoms with Crippen LogP contribution in [0.2, 0.25) is 0 Å². The molecular formula is C45H52N4O2. The molecule has 3 N–H and O–H groups in total. The summed E-state index contributed by atoms with van der Waals surface area (Å²) >= 11 is 0. The van der Waals surface area contributed by atoms with Crippen LogP contribution in [0, 0.1) is 0 Å². The molecule has 2 aliphatic rings. The molecule has 0 unspecified atom stereocenters. The predicted octanol–water partition coefficient (Wildman–Crippen LogP) is 8.81. The number of hydrogen-bond donors (Lipinski definition) is 2. The Balaban J connectivity index is 1.15. The van der Waals surface area contributed by atoms with Crippen molar-refractivity contribution in [1.29, 1.82) is 0 Å². The van der Waals surface area contributed by atoms with Crippen molar-refractivity contribution in [3.05, 3.63) is 155 Å². The number of rotatable bonds is 15. The van der Waals surface area contributed by atoms with Crippen molar-refractivity contribution in [3.63, 3.8) is 0 Å². The smallest absolute Gasteiger partial charge is 0.142 e. The Kier molecular flexibility index (Phi) is 11.5. The van der Waals surface area contributed by atoms with Crippen LogP contribution in [0.5, 0.6) is 5.75 Å². The van der Waals surface area contributed by atoms with E-state index in [1.165, 1.54) is 53.7 Å². The van der Waals surface area contributed by atoms with Gasteiger partial charge >= 0.3 is 0 Å². The standard InChI is InChI=1S/C45H52N4O2/c46-43-31-39(19-24-45(43)51-34-36-13-5-2-6-14-36)44(33-50)49(32-35-11-3-1-4-12-35)30-25-42(37-15-20-40(21-16-37)47-26-7-8-27-47)38-17-22-41(23-18-38)48-28-9-10-29-48/h1-6,11-24,31,42,44,50H,7-10,25-30,32-34,46H2/t44-/m0/s1. The van der Waals surface area contributed by atoms with Crippen LogP contribution < -0.4 is 20.3 Å². The van der Waals surface area contributed by atoms with Crippen molar-refractivity contribution < 1.29 is 9.84 Å². The lowest BCUT2D eigenvalue weighted by Crippen LogP contribution is -2.32. The summed E-state index contributed by atoms with van der Waals surface area (Å²) in [4.78, 5) is 7.42. The summed E-state index contributed by atoms with van der Waals surface area (Å²) in [5.41, 5.74) is 15.8. The SMILES string of the molecule is Nc1cc([C@H](CO)N(CCC(c2ccc(N3CCCC3)cc2)c2ccc(N3CCCC3)cc2)Cc2ccccc2)ccc1OCc1ccccc1. The minimum absolute atomic E-state index is 0.0176. The van der Waals surface area contributed by atoms with Crippen LogP contribution in [-0.4, -0.2) is 49.3 Å². The molecule has 5 aromatic rings. The Hall–Kier alpha value is -4.78. The van der Waals surface area contributed by atoms with E-state index in [1.807, 2.05) is 42.5 Å². The van der Waals surface area contributed by atoms with Gasteiger partial charge in [-0.25, -0.2) is 0 Å². The lowest BCUT2D eigenvalue weighted by Gasteiger charge is -2.33. The number of nitrogen functional groups attached to an aromatic ring is 1. The number of nitrogens with two attached hydrogens (primary N) is 1. The normalized spacial score (nSPS) is 15.2. The molecule has 6 heteroatoms. The molecule has 0 radical (unpaired) electrons. The van der Waals surface area contributed by atoms with Gasteiger partial charge in [0.05, 0.1) is 18.3 Å². The fourth-order valence-corrected chi connectivity index (χ4v) is 7.84. The molecule has 7 rings (SSSR count). The van der Waals surface area contributed by atoms with Crippen LogP contribution in [0.3, 0.4) is 0 Å². The van der Waals surface area contributed by atoms with Crippen molar-refractivity contribution in [2.75, 3.05) is 54.9 Å². The summed E-state index contributed by atoms with van der Waals surface area (Å²) in [5.74, 6) is 0.866. The zero-order chi connectivity index (χ0) is 34.8. The number of aliphatic hydroxyl groups is 1. The summed E-state index contributed by atoms with van der Waals surface area (Å²) < 4.78 is 6.10. The average Bonchev–Trinajstić information content (AvgIpc) is 3.93. The van der Waals surface area contributed by atoms with Gasteiger partial charge in [-0.05, 0) is 96.3 Å². The van der Waals surface area contributed by atoms with Gasteiger partial charge in [-0.3, -0.25) is 4.90 Å². The molecule has 0 aromatic heterocycles. The highest BCUT2D eigenvalue weighted by Gasteiger charge is 2.25. The Bertz CT molecular complexity index is 1730. The van der Waals surface area contributed by atoms with Gasteiger partial charge in [0.25, 0.3) is 0 Å². The van der Waals surface area contributed by atoms with Crippen molar-refractivity contribution in [1.82, 2.24) is 4.90 Å². The third-order valence-electron chi connectivity index (χ3n) is 10.7. The van der Waals surface area contributed by atoms with E-state index >= 15 is 0 Å². The third-order valence-corrected chi connectivity index (χ3v) is 10.7. The van der Waals surface area contributed by atoms with E-state index in [9.17, 15) is 5.11 Å². The number of nitrogens with zero attached hydrogens (tertiary/aromatic N) is 3. The van der Waals surface area contributed by atoms with Gasteiger partial charge in [-0.1, -0.05) is 91.0 Å². The van der Waals surface area contributed by atoms with Crippen molar-refractivity contribution in [3.8, 4) is 5.75 Å². The first-order valence-electron chi connectivity index (χ1n) is 18.8. The Labute approximate surface area is 304 Å². The van der Waals surface area contributed by atoms with Crippen LogP contribution in [0.1, 0.15) is 71.9 Å². The van der Waals surface area contributed by atoms with Crippen LogP contribution in [-0.2, 0) is 13.2 Å². The van der Waals surface area contributed by atoms with E-state index < -0.39 is 0 Å². The molecule has 6 nitrogen and oxygen atoms in total. The summed E-state index contributed by atoms with van der Waals surface area (Å²) in [7, 11) is 0. The largest absolute Gasteiger partial charge is 0.487 e. The third kappa shape index (κ3) is 8.76. The summed E-state index contributed by atoms with van der Waals surface area (Å²) in [5, 5.41) is 11.0. The maximum Gasteiger partial charge on any atom is 0.142 e. The molecule has 0 spiro atoms. The molecule has 2 saturated heterocycles. The maximum atomic E-state index is 11.0. The van der Waals surface area contributed by atoms with Crippen molar-refractivity contribution in [2.45, 2.75) is 57.2 Å². The second-order valence-electron chi connectivity index (χ2n) is 14.1. The fraction of sp³-hybridized carbons (Fsp3) is 0.333. The van der Waals surface area contributed by atoms with Gasteiger partial charge in [-0.15, -0.1) is 0 Å². The van der Waals surface area contributed by atoms with E-state index in [-0.39, 0.29) is 18.6 Å². The highest BCUT2D eigenvalue weighted by Crippen LogP contribution is 2.35. The molecular weight excluding hydrogens is 629 g/mol. The van der Waals surface area contributed by atoms with Gasteiger partial charge < -0.3 is 25.4 Å². The van der Waals surface area contributed by atoms with Gasteiger partial charge in [-0.2, -0.15) is 0 Å². The molecule has 2 aliphatic heterocycles. The molecule has 5 aromatic carbocycles. The zero-order valence-electron chi connectivity index (χ0n) is 29.7. The van der Waals surface area contributed by atoms with Crippen LogP contribution in [0.4, 0.5) is 17.1 Å². The van der Waals surface area contributed by atoms with Crippen LogP contribution in [0.25, 0.3) is 0 Å². The van der Waals surface area contributed by atoms with Gasteiger partial charge in [0.15, 0.2) is 0 Å². The monoisotopic (exact) mass is 680 g/mol. The summed E-state index contributed by atoms with van der Waals surface area (Å²) in [6.45, 7) is 6.50. The second-order valence-corrected chi connectivity index (χ2v) is 14.1. The number of anilines is 3.